The Bertz CT molecular complexity index is 207. The van der Waals surface area contributed by atoms with Gasteiger partial charge in [0.05, 0.1) is 4.87 Å². The zero-order chi connectivity index (χ0) is 10.2. The van der Waals surface area contributed by atoms with Crippen LogP contribution in [0.4, 0.5) is 0 Å². The standard InChI is InChI=1S/C11H22N2S/c1-9(2)13-7-5-11(8-13)12-6-4-10(3)14-11/h9-10,12H,4-8H2,1-3H3. The van der Waals surface area contributed by atoms with Crippen molar-refractivity contribution in [3.8, 4) is 0 Å². The van der Waals surface area contributed by atoms with Crippen molar-refractivity contribution in [2.24, 2.45) is 0 Å². The number of rotatable bonds is 1. The second-order valence-corrected chi connectivity index (χ2v) is 6.77. The third-order valence-corrected chi connectivity index (χ3v) is 4.98. The summed E-state index contributed by atoms with van der Waals surface area (Å²) in [5, 5.41) is 4.57. The molecule has 14 heavy (non-hydrogen) atoms. The molecule has 1 N–H and O–H groups in total. The van der Waals surface area contributed by atoms with Crippen molar-refractivity contribution in [2.75, 3.05) is 19.6 Å². The van der Waals surface area contributed by atoms with Gasteiger partial charge < -0.3 is 5.32 Å². The molecule has 82 valence electrons. The van der Waals surface area contributed by atoms with Gasteiger partial charge in [-0.15, -0.1) is 11.8 Å². The van der Waals surface area contributed by atoms with Crippen LogP contribution in [0.2, 0.25) is 0 Å². The molecule has 2 aliphatic rings. The second-order valence-electron chi connectivity index (χ2n) is 4.95. The van der Waals surface area contributed by atoms with Gasteiger partial charge in [-0.05, 0) is 33.2 Å². The van der Waals surface area contributed by atoms with E-state index < -0.39 is 0 Å². The Hall–Kier alpha value is 0.270. The number of nitrogens with zero attached hydrogens (tertiary/aromatic N) is 1. The topological polar surface area (TPSA) is 15.3 Å². The molecule has 3 heteroatoms. The first-order valence-corrected chi connectivity index (χ1v) is 6.66. The largest absolute Gasteiger partial charge is 0.302 e. The van der Waals surface area contributed by atoms with Gasteiger partial charge in [0.1, 0.15) is 0 Å². The first-order chi connectivity index (χ1) is 6.61. The normalized spacial score (nSPS) is 39.9. The van der Waals surface area contributed by atoms with Crippen molar-refractivity contribution in [2.45, 2.75) is 49.8 Å². The third-order valence-electron chi connectivity index (χ3n) is 3.42. The molecule has 0 radical (unpaired) electrons. The molecule has 2 saturated heterocycles. The van der Waals surface area contributed by atoms with Crippen molar-refractivity contribution < 1.29 is 0 Å². The van der Waals surface area contributed by atoms with Crippen LogP contribution in [0, 0.1) is 0 Å². The molecule has 2 atom stereocenters. The van der Waals surface area contributed by atoms with Gasteiger partial charge in [0.15, 0.2) is 0 Å². The van der Waals surface area contributed by atoms with Crippen LogP contribution in [-0.2, 0) is 0 Å². The lowest BCUT2D eigenvalue weighted by Crippen LogP contribution is -2.50. The number of likely N-dealkylation sites (tertiary alicyclic amines) is 1. The SMILES string of the molecule is CC1CCNC2(CCN(C(C)C)C2)S1. The predicted octanol–water partition coefficient (Wildman–Crippen LogP) is 1.91. The summed E-state index contributed by atoms with van der Waals surface area (Å²) >= 11 is 2.16. The molecule has 0 aromatic carbocycles. The Morgan fingerprint density at radius 3 is 2.86 bits per heavy atom. The Labute approximate surface area is 91.8 Å². The van der Waals surface area contributed by atoms with Crippen LogP contribution in [-0.4, -0.2) is 40.7 Å². The highest BCUT2D eigenvalue weighted by Crippen LogP contribution is 2.39. The lowest BCUT2D eigenvalue weighted by molar-refractivity contribution is 0.262. The first kappa shape index (κ1) is 10.8. The smallest absolute Gasteiger partial charge is 0.0788 e. The average Bonchev–Trinajstić information content (AvgIpc) is 2.49. The molecule has 0 aromatic heterocycles. The second kappa shape index (κ2) is 4.03. The lowest BCUT2D eigenvalue weighted by Gasteiger charge is -2.38. The van der Waals surface area contributed by atoms with Gasteiger partial charge >= 0.3 is 0 Å². The molecule has 2 nitrogen and oxygen atoms in total. The first-order valence-electron chi connectivity index (χ1n) is 5.78. The fourth-order valence-corrected chi connectivity index (χ4v) is 4.12. The van der Waals surface area contributed by atoms with Crippen LogP contribution in [0.5, 0.6) is 0 Å². The Balaban J connectivity index is 1.97. The minimum atomic E-state index is 0.391. The van der Waals surface area contributed by atoms with Crippen molar-refractivity contribution in [3.63, 3.8) is 0 Å². The van der Waals surface area contributed by atoms with Crippen LogP contribution in [0.1, 0.15) is 33.6 Å². The fourth-order valence-electron chi connectivity index (χ4n) is 2.48. The molecule has 0 bridgehead atoms. The Morgan fingerprint density at radius 1 is 1.50 bits per heavy atom. The predicted molar refractivity (Wildman–Crippen MR) is 63.7 cm³/mol. The van der Waals surface area contributed by atoms with E-state index in [1.165, 1.54) is 32.5 Å². The fraction of sp³-hybridized carbons (Fsp3) is 1.00. The summed E-state index contributed by atoms with van der Waals surface area (Å²) in [7, 11) is 0. The van der Waals surface area contributed by atoms with Crippen LogP contribution >= 0.6 is 11.8 Å². The van der Waals surface area contributed by atoms with Crippen molar-refractivity contribution >= 4 is 11.8 Å². The van der Waals surface area contributed by atoms with E-state index in [4.69, 9.17) is 0 Å². The van der Waals surface area contributed by atoms with E-state index in [0.29, 0.717) is 10.9 Å². The maximum absolute atomic E-state index is 3.73. The molecule has 2 heterocycles. The van der Waals surface area contributed by atoms with Gasteiger partial charge in [0.2, 0.25) is 0 Å². The number of thioether (sulfide) groups is 1. The van der Waals surface area contributed by atoms with E-state index in [0.717, 1.165) is 5.25 Å². The molecule has 2 aliphatic heterocycles. The van der Waals surface area contributed by atoms with E-state index in [1.54, 1.807) is 0 Å². The minimum absolute atomic E-state index is 0.391. The maximum Gasteiger partial charge on any atom is 0.0788 e. The monoisotopic (exact) mass is 214 g/mol. The summed E-state index contributed by atoms with van der Waals surface area (Å²) in [6.45, 7) is 10.7. The molecular formula is C11H22N2S. The molecule has 1 spiro atoms. The highest BCUT2D eigenvalue weighted by Gasteiger charge is 2.41. The van der Waals surface area contributed by atoms with Gasteiger partial charge in [-0.2, -0.15) is 0 Å². The molecule has 0 aromatic rings. The zero-order valence-corrected chi connectivity index (χ0v) is 10.4. The summed E-state index contributed by atoms with van der Waals surface area (Å²) in [5.74, 6) is 0. The van der Waals surface area contributed by atoms with Gasteiger partial charge in [-0.3, -0.25) is 4.90 Å². The van der Waals surface area contributed by atoms with Crippen molar-refractivity contribution in [3.05, 3.63) is 0 Å². The third kappa shape index (κ3) is 2.10. The van der Waals surface area contributed by atoms with E-state index >= 15 is 0 Å². The highest BCUT2D eigenvalue weighted by molar-refractivity contribution is 8.01. The summed E-state index contributed by atoms with van der Waals surface area (Å²) in [6.07, 6.45) is 2.65. The molecule has 0 saturated carbocycles. The lowest BCUT2D eigenvalue weighted by atomic mass is 10.2. The molecule has 2 unspecified atom stereocenters. The maximum atomic E-state index is 3.73. The van der Waals surface area contributed by atoms with Crippen LogP contribution < -0.4 is 5.32 Å². The van der Waals surface area contributed by atoms with E-state index in [1.807, 2.05) is 0 Å². The number of hydrogen-bond donors (Lipinski definition) is 1. The van der Waals surface area contributed by atoms with Crippen LogP contribution in [0.25, 0.3) is 0 Å². The van der Waals surface area contributed by atoms with Gasteiger partial charge in [-0.1, -0.05) is 6.92 Å². The number of nitrogens with one attached hydrogen (secondary N) is 1. The van der Waals surface area contributed by atoms with Gasteiger partial charge in [0, 0.05) is 24.4 Å². The van der Waals surface area contributed by atoms with Crippen LogP contribution in [0.15, 0.2) is 0 Å². The Kier molecular flexibility index (Phi) is 3.10. The van der Waals surface area contributed by atoms with E-state index in [-0.39, 0.29) is 0 Å². The average molecular weight is 214 g/mol. The molecular weight excluding hydrogens is 192 g/mol. The van der Waals surface area contributed by atoms with Gasteiger partial charge in [-0.25, -0.2) is 0 Å². The zero-order valence-electron chi connectivity index (χ0n) is 9.55. The van der Waals surface area contributed by atoms with E-state index in [9.17, 15) is 0 Å². The number of hydrogen-bond acceptors (Lipinski definition) is 3. The van der Waals surface area contributed by atoms with Gasteiger partial charge in [0.25, 0.3) is 0 Å². The minimum Gasteiger partial charge on any atom is -0.302 e. The summed E-state index contributed by atoms with van der Waals surface area (Å²) in [6, 6.07) is 0.703. The summed E-state index contributed by atoms with van der Waals surface area (Å²) < 4.78 is 0. The van der Waals surface area contributed by atoms with Crippen LogP contribution in [0.3, 0.4) is 0 Å². The molecule has 2 fully saturated rings. The van der Waals surface area contributed by atoms with Crippen molar-refractivity contribution in [1.82, 2.24) is 10.2 Å². The molecule has 2 rings (SSSR count). The Morgan fingerprint density at radius 2 is 2.29 bits per heavy atom. The summed E-state index contributed by atoms with van der Waals surface area (Å²) in [4.78, 5) is 2.99. The molecule has 0 aliphatic carbocycles. The highest BCUT2D eigenvalue weighted by atomic mass is 32.2. The summed E-state index contributed by atoms with van der Waals surface area (Å²) in [5.41, 5.74) is 0. The van der Waals surface area contributed by atoms with E-state index in [2.05, 4.69) is 42.7 Å². The quantitative estimate of drug-likeness (QED) is 0.718. The van der Waals surface area contributed by atoms with Crippen molar-refractivity contribution in [1.29, 1.82) is 0 Å². The molecule has 0 amide bonds.